The van der Waals surface area contributed by atoms with Crippen LogP contribution < -0.4 is 0 Å². The molecule has 2 aliphatic carbocycles. The largest absolute Gasteiger partial charge is 0.389 e. The molecule has 138 valence electrons. The van der Waals surface area contributed by atoms with Crippen LogP contribution in [0.15, 0.2) is 0 Å². The number of nitrogens with zero attached hydrogens (tertiary/aromatic N) is 2. The van der Waals surface area contributed by atoms with E-state index >= 15 is 0 Å². The van der Waals surface area contributed by atoms with Crippen LogP contribution in [0.2, 0.25) is 0 Å². The molecule has 1 saturated heterocycles. The second kappa shape index (κ2) is 7.36. The summed E-state index contributed by atoms with van der Waals surface area (Å²) < 4.78 is 0. The summed E-state index contributed by atoms with van der Waals surface area (Å²) in [6.45, 7) is 1.64. The molecule has 1 N–H and O–H groups in total. The number of thiazole rings is 1. The van der Waals surface area contributed by atoms with Gasteiger partial charge in [-0.2, -0.15) is 0 Å². The summed E-state index contributed by atoms with van der Waals surface area (Å²) in [5, 5.41) is 12.0. The quantitative estimate of drug-likeness (QED) is 0.889. The summed E-state index contributed by atoms with van der Waals surface area (Å²) in [7, 11) is 0. The lowest BCUT2D eigenvalue weighted by Gasteiger charge is -2.36. The molecule has 0 radical (unpaired) electrons. The Kier molecular flexibility index (Phi) is 5.14. The Morgan fingerprint density at radius 1 is 1.16 bits per heavy atom. The first-order chi connectivity index (χ1) is 12.1. The van der Waals surface area contributed by atoms with Crippen LogP contribution in [-0.4, -0.2) is 39.6 Å². The number of piperidine rings is 1. The maximum Gasteiger partial charge on any atom is 0.225 e. The SMILES string of the molecule is O=C(CC1(O)CCCCC1)N1CCCC(c2nc3c(s2)CCCC3)C1. The van der Waals surface area contributed by atoms with Gasteiger partial charge in [-0.25, -0.2) is 4.98 Å². The topological polar surface area (TPSA) is 53.4 Å². The maximum atomic E-state index is 12.8. The Balaban J connectivity index is 1.40. The Bertz CT molecular complexity index is 598. The minimum atomic E-state index is -0.747. The monoisotopic (exact) mass is 362 g/mol. The normalized spacial score (nSPS) is 26.3. The van der Waals surface area contributed by atoms with Crippen molar-refractivity contribution in [3.8, 4) is 0 Å². The molecule has 0 bridgehead atoms. The van der Waals surface area contributed by atoms with E-state index in [1.807, 2.05) is 16.2 Å². The first kappa shape index (κ1) is 17.5. The summed E-state index contributed by atoms with van der Waals surface area (Å²) in [6.07, 6.45) is 12.3. The smallest absolute Gasteiger partial charge is 0.225 e. The van der Waals surface area contributed by atoms with Gasteiger partial charge >= 0.3 is 0 Å². The van der Waals surface area contributed by atoms with E-state index in [1.54, 1.807) is 0 Å². The number of hydrogen-bond donors (Lipinski definition) is 1. The number of hydrogen-bond acceptors (Lipinski definition) is 4. The molecule has 1 unspecified atom stereocenters. The van der Waals surface area contributed by atoms with Gasteiger partial charge in [-0.1, -0.05) is 19.3 Å². The molecule has 2 fully saturated rings. The number of aliphatic hydroxyl groups is 1. The molecule has 1 aromatic rings. The van der Waals surface area contributed by atoms with Crippen molar-refractivity contribution in [1.82, 2.24) is 9.88 Å². The van der Waals surface area contributed by atoms with Crippen LogP contribution in [0.25, 0.3) is 0 Å². The fourth-order valence-electron chi connectivity index (χ4n) is 4.73. The average Bonchev–Trinajstić information content (AvgIpc) is 3.06. The van der Waals surface area contributed by atoms with Crippen molar-refractivity contribution >= 4 is 17.2 Å². The lowest BCUT2D eigenvalue weighted by atomic mass is 9.82. The summed E-state index contributed by atoms with van der Waals surface area (Å²) in [5.74, 6) is 0.546. The number of rotatable bonds is 3. The van der Waals surface area contributed by atoms with Crippen LogP contribution in [0, 0.1) is 0 Å². The summed E-state index contributed by atoms with van der Waals surface area (Å²) in [5.41, 5.74) is 0.578. The molecule has 4 nitrogen and oxygen atoms in total. The highest BCUT2D eigenvalue weighted by atomic mass is 32.1. The summed E-state index contributed by atoms with van der Waals surface area (Å²) in [4.78, 5) is 21.2. The van der Waals surface area contributed by atoms with E-state index in [1.165, 1.54) is 41.3 Å². The minimum Gasteiger partial charge on any atom is -0.389 e. The van der Waals surface area contributed by atoms with Crippen molar-refractivity contribution in [2.45, 2.75) is 88.6 Å². The molecular weight excluding hydrogens is 332 g/mol. The average molecular weight is 363 g/mol. The zero-order valence-corrected chi connectivity index (χ0v) is 16.0. The summed E-state index contributed by atoms with van der Waals surface area (Å²) >= 11 is 1.89. The fraction of sp³-hybridized carbons (Fsp3) is 0.800. The highest BCUT2D eigenvalue weighted by molar-refractivity contribution is 7.11. The van der Waals surface area contributed by atoms with Crippen LogP contribution >= 0.6 is 11.3 Å². The molecule has 2 heterocycles. The Morgan fingerprint density at radius 2 is 1.96 bits per heavy atom. The molecule has 3 aliphatic rings. The molecule has 1 amide bonds. The van der Waals surface area contributed by atoms with Gasteiger partial charge in [-0.05, 0) is 51.4 Å². The van der Waals surface area contributed by atoms with Crippen LogP contribution in [-0.2, 0) is 17.6 Å². The number of aryl methyl sites for hydroxylation is 2. The van der Waals surface area contributed by atoms with Crippen LogP contribution in [0.1, 0.15) is 85.7 Å². The Morgan fingerprint density at radius 3 is 2.76 bits per heavy atom. The zero-order valence-electron chi connectivity index (χ0n) is 15.1. The van der Waals surface area contributed by atoms with Gasteiger partial charge in [0.15, 0.2) is 0 Å². The van der Waals surface area contributed by atoms with E-state index in [-0.39, 0.29) is 5.91 Å². The zero-order chi connectivity index (χ0) is 17.3. The maximum absolute atomic E-state index is 12.8. The van der Waals surface area contributed by atoms with Crippen molar-refractivity contribution in [2.24, 2.45) is 0 Å². The van der Waals surface area contributed by atoms with Gasteiger partial charge in [-0.15, -0.1) is 11.3 Å². The van der Waals surface area contributed by atoms with E-state index < -0.39 is 5.60 Å². The third kappa shape index (κ3) is 3.92. The van der Waals surface area contributed by atoms with Crippen molar-refractivity contribution < 1.29 is 9.90 Å². The second-order valence-electron chi connectivity index (χ2n) is 8.27. The highest BCUT2D eigenvalue weighted by Gasteiger charge is 2.35. The van der Waals surface area contributed by atoms with E-state index in [9.17, 15) is 9.90 Å². The number of carbonyl (C=O) groups is 1. The van der Waals surface area contributed by atoms with E-state index in [2.05, 4.69) is 0 Å². The predicted molar refractivity (Wildman–Crippen MR) is 100.0 cm³/mol. The van der Waals surface area contributed by atoms with Gasteiger partial charge < -0.3 is 10.0 Å². The molecule has 1 saturated carbocycles. The van der Waals surface area contributed by atoms with Crippen LogP contribution in [0.3, 0.4) is 0 Å². The Labute approximate surface area is 154 Å². The molecule has 0 aromatic carbocycles. The van der Waals surface area contributed by atoms with Crippen LogP contribution in [0.5, 0.6) is 0 Å². The van der Waals surface area contributed by atoms with Gasteiger partial charge in [0.05, 0.1) is 22.7 Å². The fourth-order valence-corrected chi connectivity index (χ4v) is 6.01. The van der Waals surface area contributed by atoms with Crippen molar-refractivity contribution in [3.05, 3.63) is 15.6 Å². The number of amides is 1. The first-order valence-electron chi connectivity index (χ1n) is 10.1. The van der Waals surface area contributed by atoms with Crippen LogP contribution in [0.4, 0.5) is 0 Å². The van der Waals surface area contributed by atoms with Gasteiger partial charge in [-0.3, -0.25) is 4.79 Å². The number of carbonyl (C=O) groups excluding carboxylic acids is 1. The Hall–Kier alpha value is -0.940. The third-order valence-electron chi connectivity index (χ3n) is 6.25. The first-order valence-corrected chi connectivity index (χ1v) is 10.9. The molecule has 25 heavy (non-hydrogen) atoms. The molecule has 4 rings (SSSR count). The van der Waals surface area contributed by atoms with Gasteiger partial charge in [0.2, 0.25) is 5.91 Å². The predicted octanol–water partition coefficient (Wildman–Crippen LogP) is 3.81. The lowest BCUT2D eigenvalue weighted by molar-refractivity contribution is -0.139. The van der Waals surface area contributed by atoms with E-state index in [0.717, 1.165) is 58.0 Å². The second-order valence-corrected chi connectivity index (χ2v) is 9.38. The third-order valence-corrected chi connectivity index (χ3v) is 7.57. The van der Waals surface area contributed by atoms with E-state index in [4.69, 9.17) is 4.98 Å². The summed E-state index contributed by atoms with van der Waals surface area (Å²) in [6, 6.07) is 0. The molecule has 1 atom stereocenters. The molecular formula is C20H30N2O2S. The minimum absolute atomic E-state index is 0.149. The molecule has 0 spiro atoms. The molecule has 1 aliphatic heterocycles. The lowest BCUT2D eigenvalue weighted by Crippen LogP contribution is -2.44. The number of likely N-dealkylation sites (tertiary alicyclic amines) is 1. The molecule has 1 aromatic heterocycles. The number of fused-ring (bicyclic) bond motifs is 1. The standard InChI is InChI=1S/C20H30N2O2S/c23-18(13-20(24)10-4-1-5-11-20)22-12-6-7-15(14-22)19-21-16-8-2-3-9-17(16)25-19/h15,24H,1-14H2. The van der Waals surface area contributed by atoms with Crippen molar-refractivity contribution in [3.63, 3.8) is 0 Å². The van der Waals surface area contributed by atoms with Gasteiger partial charge in [0.1, 0.15) is 0 Å². The number of aromatic nitrogens is 1. The molecule has 5 heteroatoms. The van der Waals surface area contributed by atoms with Crippen molar-refractivity contribution in [1.29, 1.82) is 0 Å². The van der Waals surface area contributed by atoms with E-state index in [0.29, 0.717) is 12.3 Å². The van der Waals surface area contributed by atoms with Crippen molar-refractivity contribution in [2.75, 3.05) is 13.1 Å². The highest BCUT2D eigenvalue weighted by Crippen LogP contribution is 2.36. The van der Waals surface area contributed by atoms with Gasteiger partial charge in [0.25, 0.3) is 0 Å². The van der Waals surface area contributed by atoms with Gasteiger partial charge in [0, 0.05) is 23.9 Å².